The van der Waals surface area contributed by atoms with Crippen molar-refractivity contribution in [3.8, 4) is 11.8 Å². The summed E-state index contributed by atoms with van der Waals surface area (Å²) < 4.78 is 23.7. The van der Waals surface area contributed by atoms with E-state index < -0.39 is 12.9 Å². The molecular weight excluding hydrogens is 424 g/mol. The summed E-state index contributed by atoms with van der Waals surface area (Å²) in [7, 11) is 1.84. The van der Waals surface area contributed by atoms with Crippen molar-refractivity contribution >= 4 is 34.7 Å². The van der Waals surface area contributed by atoms with Crippen molar-refractivity contribution in [3.63, 3.8) is 0 Å². The van der Waals surface area contributed by atoms with Crippen LogP contribution >= 0.6 is 0 Å². The highest BCUT2D eigenvalue weighted by molar-refractivity contribution is 6.00. The molecule has 0 unspecified atom stereocenters. The zero-order chi connectivity index (χ0) is 25.6. The van der Waals surface area contributed by atoms with Gasteiger partial charge in [0.25, 0.3) is 11.7 Å². The van der Waals surface area contributed by atoms with Gasteiger partial charge < -0.3 is 20.9 Å². The Kier molecular flexibility index (Phi) is 4.07. The van der Waals surface area contributed by atoms with E-state index in [0.717, 1.165) is 12.8 Å². The van der Waals surface area contributed by atoms with Crippen LogP contribution in [0, 0.1) is 17.2 Å². The van der Waals surface area contributed by atoms with Crippen LogP contribution in [0.5, 0.6) is 0 Å². The van der Waals surface area contributed by atoms with Crippen molar-refractivity contribution in [1.29, 1.82) is 5.26 Å². The fraction of sp³-hybridized carbons (Fsp3) is 0.286. The zero-order valence-electron chi connectivity index (χ0n) is 20.5. The van der Waals surface area contributed by atoms with Crippen molar-refractivity contribution in [2.45, 2.75) is 19.4 Å². The van der Waals surface area contributed by atoms with Gasteiger partial charge in [-0.15, -0.1) is 15.3 Å². The Hall–Kier alpha value is -4.53. The van der Waals surface area contributed by atoms with E-state index in [2.05, 4.69) is 30.9 Å². The minimum Gasteiger partial charge on any atom is -0.364 e. The van der Waals surface area contributed by atoms with Crippen molar-refractivity contribution in [1.82, 2.24) is 30.3 Å². The SMILES string of the molecule is [2H]C([2H])([2H])NC(=O)c1nnc(NC(=O)C2CC2)cc1Nc1cccc2c1N(C)Cc1nc(C#N)nn1-2. The molecule has 1 aliphatic carbocycles. The van der Waals surface area contributed by atoms with Crippen molar-refractivity contribution < 1.29 is 13.7 Å². The van der Waals surface area contributed by atoms with Gasteiger partial charge in [0.2, 0.25) is 5.91 Å². The minimum atomic E-state index is -2.73. The molecule has 166 valence electrons. The smallest absolute Gasteiger partial charge is 0.273 e. The van der Waals surface area contributed by atoms with Crippen LogP contribution < -0.4 is 20.9 Å². The van der Waals surface area contributed by atoms with E-state index >= 15 is 0 Å². The molecule has 0 bridgehead atoms. The summed E-state index contributed by atoms with van der Waals surface area (Å²) in [6.45, 7) is -2.37. The Morgan fingerprint density at radius 3 is 2.88 bits per heavy atom. The number of hydrogen-bond donors (Lipinski definition) is 3. The Labute approximate surface area is 192 Å². The van der Waals surface area contributed by atoms with Crippen LogP contribution in [0.4, 0.5) is 22.9 Å². The van der Waals surface area contributed by atoms with Crippen molar-refractivity contribution in [2.24, 2.45) is 5.92 Å². The van der Waals surface area contributed by atoms with Crippen molar-refractivity contribution in [3.05, 3.63) is 41.6 Å². The van der Waals surface area contributed by atoms with Crippen LogP contribution in [0.1, 0.15) is 39.1 Å². The second-order valence-corrected chi connectivity index (χ2v) is 7.74. The summed E-state index contributed by atoms with van der Waals surface area (Å²) in [5.74, 6) is -0.476. The predicted octanol–water partition coefficient (Wildman–Crippen LogP) is 1.33. The Balaban J connectivity index is 1.55. The first kappa shape index (κ1) is 17.1. The molecule has 0 radical (unpaired) electrons. The molecule has 12 nitrogen and oxygen atoms in total. The molecule has 3 aromatic rings. The number of nitrogens with one attached hydrogen (secondary N) is 3. The number of para-hydroxylation sites is 1. The molecule has 2 aliphatic rings. The van der Waals surface area contributed by atoms with Gasteiger partial charge in [0.05, 0.1) is 29.3 Å². The maximum Gasteiger partial charge on any atom is 0.273 e. The van der Waals surface area contributed by atoms with E-state index in [-0.39, 0.29) is 34.8 Å². The molecule has 12 heteroatoms. The molecular formula is C21H20N10O2. The van der Waals surface area contributed by atoms with Crippen LogP contribution in [0.25, 0.3) is 5.69 Å². The monoisotopic (exact) mass is 447 g/mol. The number of rotatable bonds is 5. The van der Waals surface area contributed by atoms with Gasteiger partial charge >= 0.3 is 0 Å². The first-order valence-corrected chi connectivity index (χ1v) is 10.1. The second kappa shape index (κ2) is 7.86. The molecule has 1 saturated carbocycles. The van der Waals surface area contributed by atoms with Gasteiger partial charge in [-0.05, 0) is 25.0 Å². The molecule has 1 fully saturated rings. The first-order chi connectivity index (χ1) is 17.1. The summed E-state index contributed by atoms with van der Waals surface area (Å²) >= 11 is 0. The van der Waals surface area contributed by atoms with Crippen LogP contribution in [-0.4, -0.2) is 50.8 Å². The van der Waals surface area contributed by atoms with E-state index in [4.69, 9.17) is 4.11 Å². The maximum atomic E-state index is 12.7. The molecule has 1 aliphatic heterocycles. The third-order valence-corrected chi connectivity index (χ3v) is 5.37. The van der Waals surface area contributed by atoms with Crippen molar-refractivity contribution in [2.75, 3.05) is 29.6 Å². The average Bonchev–Trinajstić information content (AvgIpc) is 3.58. The van der Waals surface area contributed by atoms with Gasteiger partial charge in [0.15, 0.2) is 17.3 Å². The molecule has 0 saturated heterocycles. The quantitative estimate of drug-likeness (QED) is 0.525. The fourth-order valence-electron chi connectivity index (χ4n) is 3.68. The van der Waals surface area contributed by atoms with E-state index in [1.165, 1.54) is 6.07 Å². The number of carbonyl (C=O) groups excluding carboxylic acids is 2. The molecule has 3 heterocycles. The molecule has 5 rings (SSSR count). The predicted molar refractivity (Wildman–Crippen MR) is 118 cm³/mol. The average molecular weight is 447 g/mol. The van der Waals surface area contributed by atoms with Crippen LogP contribution in [0.15, 0.2) is 24.3 Å². The molecule has 2 amide bonds. The number of aromatic nitrogens is 5. The summed E-state index contributed by atoms with van der Waals surface area (Å²) in [4.78, 5) is 31.1. The third kappa shape index (κ3) is 3.69. The lowest BCUT2D eigenvalue weighted by Crippen LogP contribution is -2.27. The number of fused-ring (bicyclic) bond motifs is 3. The van der Waals surface area contributed by atoms with Gasteiger partial charge in [0, 0.05) is 30.1 Å². The Morgan fingerprint density at radius 1 is 1.27 bits per heavy atom. The van der Waals surface area contributed by atoms with Crippen LogP contribution in [0.2, 0.25) is 0 Å². The Morgan fingerprint density at radius 2 is 2.12 bits per heavy atom. The fourth-order valence-corrected chi connectivity index (χ4v) is 3.68. The lowest BCUT2D eigenvalue weighted by Gasteiger charge is -2.29. The first-order valence-electron chi connectivity index (χ1n) is 11.6. The lowest BCUT2D eigenvalue weighted by molar-refractivity contribution is -0.117. The minimum absolute atomic E-state index is 0.0441. The Bertz CT molecular complexity index is 1420. The largest absolute Gasteiger partial charge is 0.364 e. The number of benzene rings is 1. The molecule has 3 N–H and O–H groups in total. The number of carbonyl (C=O) groups is 2. The van der Waals surface area contributed by atoms with Crippen LogP contribution in [0.3, 0.4) is 0 Å². The molecule has 0 spiro atoms. The topological polar surface area (TPSA) is 154 Å². The van der Waals surface area contributed by atoms with Gasteiger partial charge in [0.1, 0.15) is 6.07 Å². The number of hydrogen-bond acceptors (Lipinski definition) is 9. The summed E-state index contributed by atoms with van der Waals surface area (Å²) in [6, 6.07) is 8.69. The number of nitrogens with zero attached hydrogens (tertiary/aromatic N) is 7. The zero-order valence-corrected chi connectivity index (χ0v) is 17.5. The number of nitriles is 1. The third-order valence-electron chi connectivity index (χ3n) is 5.37. The van der Waals surface area contributed by atoms with E-state index in [1.807, 2.05) is 29.4 Å². The molecule has 2 aromatic heterocycles. The van der Waals surface area contributed by atoms with Gasteiger partial charge in [-0.1, -0.05) is 6.07 Å². The summed E-state index contributed by atoms with van der Waals surface area (Å²) in [6.07, 6.45) is 1.59. The summed E-state index contributed by atoms with van der Waals surface area (Å²) in [5.41, 5.74) is 1.77. The summed E-state index contributed by atoms with van der Waals surface area (Å²) in [5, 5.41) is 29.0. The second-order valence-electron chi connectivity index (χ2n) is 7.74. The van der Waals surface area contributed by atoms with Crippen LogP contribution in [-0.2, 0) is 11.3 Å². The van der Waals surface area contributed by atoms with E-state index in [0.29, 0.717) is 29.4 Å². The molecule has 1 aromatic carbocycles. The number of amides is 2. The normalized spacial score (nSPS) is 15.8. The van der Waals surface area contributed by atoms with E-state index in [9.17, 15) is 14.9 Å². The maximum absolute atomic E-state index is 12.7. The lowest BCUT2D eigenvalue weighted by atomic mass is 10.1. The van der Waals surface area contributed by atoms with Gasteiger partial charge in [-0.25, -0.2) is 9.67 Å². The molecule has 0 atom stereocenters. The highest BCUT2D eigenvalue weighted by Crippen LogP contribution is 2.38. The highest BCUT2D eigenvalue weighted by atomic mass is 16.2. The standard InChI is InChI=1S/C21H20N10O2/c1-23-21(33)18-13(8-15(27-28-18)26-20(32)11-6-7-11)24-12-4-3-5-14-19(12)30(2)10-17-25-16(9-22)29-31(14)17/h3-5,8,11H,6-7,10H2,1-2H3,(H,23,33)(H2,24,26,27,32)/i1D3. The van der Waals surface area contributed by atoms with Gasteiger partial charge in [-0.2, -0.15) is 5.26 Å². The van der Waals surface area contributed by atoms with Gasteiger partial charge in [-0.3, -0.25) is 9.59 Å². The number of anilines is 4. The molecule has 33 heavy (non-hydrogen) atoms. The van der Waals surface area contributed by atoms with E-state index in [1.54, 1.807) is 16.8 Å². The highest BCUT2D eigenvalue weighted by Gasteiger charge is 2.30.